The second-order valence-electron chi connectivity index (χ2n) is 4.87. The predicted octanol–water partition coefficient (Wildman–Crippen LogP) is 4.43. The Hall–Kier alpha value is -2.81. The summed E-state index contributed by atoms with van der Waals surface area (Å²) in [6.07, 6.45) is 1.83. The first-order valence-corrected chi connectivity index (χ1v) is 7.05. The van der Waals surface area contributed by atoms with Crippen LogP contribution in [-0.2, 0) is 0 Å². The lowest BCUT2D eigenvalue weighted by atomic mass is 10.0. The third kappa shape index (κ3) is 2.79. The van der Waals surface area contributed by atoms with Crippen molar-refractivity contribution in [2.45, 2.75) is 0 Å². The summed E-state index contributed by atoms with van der Waals surface area (Å²) < 4.78 is 10.7. The van der Waals surface area contributed by atoms with E-state index in [9.17, 15) is 0 Å². The van der Waals surface area contributed by atoms with Crippen LogP contribution in [0.1, 0.15) is 0 Å². The first-order chi connectivity index (χ1) is 10.8. The second kappa shape index (κ2) is 6.31. The quantitative estimate of drug-likeness (QED) is 0.712. The molecule has 0 bridgehead atoms. The number of nitrogens with zero attached hydrogens (tertiary/aromatic N) is 1. The van der Waals surface area contributed by atoms with Crippen molar-refractivity contribution in [1.29, 1.82) is 0 Å². The van der Waals surface area contributed by atoms with Crippen LogP contribution < -0.4 is 9.47 Å². The summed E-state index contributed by atoms with van der Waals surface area (Å²) in [5, 5.41) is 0. The third-order valence-corrected chi connectivity index (χ3v) is 3.55. The maximum atomic E-state index is 5.37. The molecule has 0 fully saturated rings. The minimum Gasteiger partial charge on any atom is -0.493 e. The molecule has 0 radical (unpaired) electrons. The lowest BCUT2D eigenvalue weighted by Gasteiger charge is -2.10. The largest absolute Gasteiger partial charge is 0.493 e. The van der Waals surface area contributed by atoms with Gasteiger partial charge in [0, 0.05) is 11.8 Å². The number of ether oxygens (including phenoxy) is 2. The molecular formula is C19H17NO2. The number of aromatic nitrogens is 1. The molecule has 0 unspecified atom stereocenters. The molecule has 0 saturated heterocycles. The Labute approximate surface area is 130 Å². The minimum absolute atomic E-state index is 0.720. The van der Waals surface area contributed by atoms with Gasteiger partial charge in [0.15, 0.2) is 11.5 Å². The Kier molecular flexibility index (Phi) is 4.05. The fourth-order valence-electron chi connectivity index (χ4n) is 2.39. The Morgan fingerprint density at radius 1 is 0.682 bits per heavy atom. The van der Waals surface area contributed by atoms with Gasteiger partial charge in [-0.2, -0.15) is 0 Å². The van der Waals surface area contributed by atoms with Gasteiger partial charge in [-0.05, 0) is 35.4 Å². The summed E-state index contributed by atoms with van der Waals surface area (Å²) in [4.78, 5) is 4.46. The molecule has 2 aromatic carbocycles. The molecule has 110 valence electrons. The molecule has 0 atom stereocenters. The van der Waals surface area contributed by atoms with Crippen molar-refractivity contribution in [3.63, 3.8) is 0 Å². The molecule has 22 heavy (non-hydrogen) atoms. The van der Waals surface area contributed by atoms with Crippen molar-refractivity contribution in [2.24, 2.45) is 0 Å². The lowest BCUT2D eigenvalue weighted by Crippen LogP contribution is -1.91. The van der Waals surface area contributed by atoms with Crippen LogP contribution in [0.4, 0.5) is 0 Å². The topological polar surface area (TPSA) is 31.4 Å². The van der Waals surface area contributed by atoms with Gasteiger partial charge >= 0.3 is 0 Å². The van der Waals surface area contributed by atoms with E-state index in [0.29, 0.717) is 0 Å². The monoisotopic (exact) mass is 291 g/mol. The SMILES string of the molecule is COc1ccc(-c2ccnc(-c3ccccc3)c2)cc1OC. The fourth-order valence-corrected chi connectivity index (χ4v) is 2.39. The van der Waals surface area contributed by atoms with Crippen LogP contribution in [0, 0.1) is 0 Å². The van der Waals surface area contributed by atoms with E-state index in [4.69, 9.17) is 9.47 Å². The number of rotatable bonds is 4. The van der Waals surface area contributed by atoms with Crippen molar-refractivity contribution >= 4 is 0 Å². The third-order valence-electron chi connectivity index (χ3n) is 3.55. The molecular weight excluding hydrogens is 274 g/mol. The number of hydrogen-bond donors (Lipinski definition) is 0. The molecule has 0 aliphatic carbocycles. The molecule has 1 heterocycles. The Balaban J connectivity index is 2.02. The van der Waals surface area contributed by atoms with Crippen LogP contribution in [0.2, 0.25) is 0 Å². The molecule has 0 aliphatic heterocycles. The van der Waals surface area contributed by atoms with Crippen LogP contribution in [0.15, 0.2) is 66.9 Å². The molecule has 0 saturated carbocycles. The molecule has 1 aromatic heterocycles. The summed E-state index contributed by atoms with van der Waals surface area (Å²) in [6, 6.07) is 20.1. The molecule has 3 rings (SSSR count). The van der Waals surface area contributed by atoms with Crippen molar-refractivity contribution in [2.75, 3.05) is 14.2 Å². The van der Waals surface area contributed by atoms with Crippen LogP contribution in [0.25, 0.3) is 22.4 Å². The highest BCUT2D eigenvalue weighted by Crippen LogP contribution is 2.33. The van der Waals surface area contributed by atoms with Crippen molar-refractivity contribution in [1.82, 2.24) is 4.98 Å². The van der Waals surface area contributed by atoms with Gasteiger partial charge in [-0.3, -0.25) is 4.98 Å². The van der Waals surface area contributed by atoms with Gasteiger partial charge in [0.25, 0.3) is 0 Å². The zero-order chi connectivity index (χ0) is 15.4. The van der Waals surface area contributed by atoms with Crippen LogP contribution in [0.3, 0.4) is 0 Å². The van der Waals surface area contributed by atoms with E-state index in [-0.39, 0.29) is 0 Å². The summed E-state index contributed by atoms with van der Waals surface area (Å²) in [6.45, 7) is 0. The molecule has 0 spiro atoms. The van der Waals surface area contributed by atoms with Gasteiger partial charge in [-0.25, -0.2) is 0 Å². The standard InChI is InChI=1S/C19H17NO2/c1-21-18-9-8-15(13-19(18)22-2)16-10-11-20-17(12-16)14-6-4-3-5-7-14/h3-13H,1-2H3. The average Bonchev–Trinajstić information content (AvgIpc) is 2.62. The van der Waals surface area contributed by atoms with Crippen molar-refractivity contribution < 1.29 is 9.47 Å². The maximum absolute atomic E-state index is 5.37. The molecule has 0 N–H and O–H groups in total. The summed E-state index contributed by atoms with van der Waals surface area (Å²) in [5.41, 5.74) is 4.21. The predicted molar refractivity (Wildman–Crippen MR) is 88.2 cm³/mol. The average molecular weight is 291 g/mol. The highest BCUT2D eigenvalue weighted by molar-refractivity contribution is 5.72. The van der Waals surface area contributed by atoms with E-state index in [1.54, 1.807) is 14.2 Å². The van der Waals surface area contributed by atoms with E-state index in [0.717, 1.165) is 33.9 Å². The first kappa shape index (κ1) is 14.1. The number of benzene rings is 2. The molecule has 3 aromatic rings. The summed E-state index contributed by atoms with van der Waals surface area (Å²) in [7, 11) is 3.28. The Bertz CT molecular complexity index is 769. The molecule has 3 nitrogen and oxygen atoms in total. The van der Waals surface area contributed by atoms with Crippen molar-refractivity contribution in [3.8, 4) is 33.9 Å². The molecule has 0 amide bonds. The van der Waals surface area contributed by atoms with Gasteiger partial charge in [-0.15, -0.1) is 0 Å². The Morgan fingerprint density at radius 3 is 2.14 bits per heavy atom. The zero-order valence-electron chi connectivity index (χ0n) is 12.6. The fraction of sp³-hybridized carbons (Fsp3) is 0.105. The van der Waals surface area contributed by atoms with Gasteiger partial charge < -0.3 is 9.47 Å². The van der Waals surface area contributed by atoms with E-state index in [1.165, 1.54) is 0 Å². The summed E-state index contributed by atoms with van der Waals surface area (Å²) >= 11 is 0. The van der Waals surface area contributed by atoms with Crippen LogP contribution >= 0.6 is 0 Å². The van der Waals surface area contributed by atoms with Gasteiger partial charge in [-0.1, -0.05) is 36.4 Å². The highest BCUT2D eigenvalue weighted by Gasteiger charge is 2.07. The van der Waals surface area contributed by atoms with Crippen LogP contribution in [-0.4, -0.2) is 19.2 Å². The number of methoxy groups -OCH3 is 2. The maximum Gasteiger partial charge on any atom is 0.161 e. The van der Waals surface area contributed by atoms with E-state index >= 15 is 0 Å². The zero-order valence-corrected chi connectivity index (χ0v) is 12.6. The Morgan fingerprint density at radius 2 is 1.41 bits per heavy atom. The van der Waals surface area contributed by atoms with E-state index in [1.807, 2.05) is 48.7 Å². The first-order valence-electron chi connectivity index (χ1n) is 7.05. The smallest absolute Gasteiger partial charge is 0.161 e. The number of pyridine rings is 1. The van der Waals surface area contributed by atoms with Gasteiger partial charge in [0.05, 0.1) is 19.9 Å². The molecule has 0 aliphatic rings. The number of hydrogen-bond acceptors (Lipinski definition) is 3. The van der Waals surface area contributed by atoms with Gasteiger partial charge in [0.1, 0.15) is 0 Å². The van der Waals surface area contributed by atoms with Gasteiger partial charge in [0.2, 0.25) is 0 Å². The van der Waals surface area contributed by atoms with E-state index < -0.39 is 0 Å². The second-order valence-corrected chi connectivity index (χ2v) is 4.87. The molecule has 3 heteroatoms. The lowest BCUT2D eigenvalue weighted by molar-refractivity contribution is 0.355. The van der Waals surface area contributed by atoms with Crippen LogP contribution in [0.5, 0.6) is 11.5 Å². The normalized spacial score (nSPS) is 10.3. The van der Waals surface area contributed by atoms with Crippen molar-refractivity contribution in [3.05, 3.63) is 66.9 Å². The van der Waals surface area contributed by atoms with E-state index in [2.05, 4.69) is 23.2 Å². The summed E-state index contributed by atoms with van der Waals surface area (Å²) in [5.74, 6) is 1.45. The minimum atomic E-state index is 0.720. The highest BCUT2D eigenvalue weighted by atomic mass is 16.5.